The number of hydrogen-bond acceptors (Lipinski definition) is 3. The first-order valence-corrected chi connectivity index (χ1v) is 6.73. The Morgan fingerprint density at radius 3 is 2.76 bits per heavy atom. The molecule has 1 heterocycles. The first kappa shape index (κ1) is 11.0. The summed E-state index contributed by atoms with van der Waals surface area (Å²) in [6, 6.07) is 7.10. The molecule has 1 N–H and O–H groups in total. The number of nitrogens with zero attached hydrogens (tertiary/aromatic N) is 2. The molecular formula is C14H21N3. The van der Waals surface area contributed by atoms with Crippen molar-refractivity contribution in [1.29, 1.82) is 0 Å². The Kier molecular flexibility index (Phi) is 3.02. The average Bonchev–Trinajstić information content (AvgIpc) is 3.21. The van der Waals surface area contributed by atoms with Gasteiger partial charge in [0, 0.05) is 26.2 Å². The van der Waals surface area contributed by atoms with Crippen LogP contribution in [0.2, 0.25) is 0 Å². The number of rotatable bonds is 6. The van der Waals surface area contributed by atoms with Crippen LogP contribution in [0.3, 0.4) is 0 Å². The third-order valence-corrected chi connectivity index (χ3v) is 3.68. The van der Waals surface area contributed by atoms with Crippen LogP contribution in [-0.2, 0) is 6.54 Å². The van der Waals surface area contributed by atoms with E-state index in [0.29, 0.717) is 0 Å². The van der Waals surface area contributed by atoms with Crippen LogP contribution >= 0.6 is 0 Å². The summed E-state index contributed by atoms with van der Waals surface area (Å²) in [5.74, 6) is 1.95. The van der Waals surface area contributed by atoms with Crippen molar-refractivity contribution in [3.8, 4) is 0 Å². The van der Waals surface area contributed by atoms with Crippen LogP contribution in [0.15, 0.2) is 18.2 Å². The molecule has 0 amide bonds. The summed E-state index contributed by atoms with van der Waals surface area (Å²) in [5.41, 5.74) is 1.20. The number of hydrogen-bond donors (Lipinski definition) is 1. The van der Waals surface area contributed by atoms with Gasteiger partial charge in [-0.15, -0.1) is 0 Å². The van der Waals surface area contributed by atoms with Crippen LogP contribution in [0.1, 0.15) is 31.4 Å². The van der Waals surface area contributed by atoms with Crippen molar-refractivity contribution < 1.29 is 0 Å². The monoisotopic (exact) mass is 231 g/mol. The molecular weight excluding hydrogens is 210 g/mol. The van der Waals surface area contributed by atoms with Crippen molar-refractivity contribution in [1.82, 2.24) is 9.88 Å². The molecule has 3 heteroatoms. The van der Waals surface area contributed by atoms with Gasteiger partial charge in [0.1, 0.15) is 5.82 Å². The minimum atomic E-state index is 0.843. The van der Waals surface area contributed by atoms with Crippen molar-refractivity contribution in [3.63, 3.8) is 0 Å². The van der Waals surface area contributed by atoms with Gasteiger partial charge in [-0.1, -0.05) is 6.07 Å². The zero-order valence-electron chi connectivity index (χ0n) is 10.5. The molecule has 0 unspecified atom stereocenters. The summed E-state index contributed by atoms with van der Waals surface area (Å²) in [6.07, 6.45) is 5.65. The van der Waals surface area contributed by atoms with Crippen LogP contribution in [0.25, 0.3) is 0 Å². The van der Waals surface area contributed by atoms with Crippen molar-refractivity contribution in [2.75, 3.05) is 18.9 Å². The smallest absolute Gasteiger partial charge is 0.126 e. The van der Waals surface area contributed by atoms with Crippen LogP contribution < -0.4 is 5.32 Å². The van der Waals surface area contributed by atoms with E-state index >= 15 is 0 Å². The van der Waals surface area contributed by atoms with Crippen LogP contribution in [0.4, 0.5) is 5.82 Å². The first-order valence-electron chi connectivity index (χ1n) is 6.73. The van der Waals surface area contributed by atoms with E-state index in [-0.39, 0.29) is 0 Å². The predicted octanol–water partition coefficient (Wildman–Crippen LogP) is 2.50. The molecule has 2 aliphatic rings. The third-order valence-electron chi connectivity index (χ3n) is 3.68. The maximum absolute atomic E-state index is 4.62. The van der Waals surface area contributed by atoms with Gasteiger partial charge in [0.25, 0.3) is 0 Å². The van der Waals surface area contributed by atoms with Crippen LogP contribution in [0.5, 0.6) is 0 Å². The van der Waals surface area contributed by atoms with Crippen molar-refractivity contribution in [2.45, 2.75) is 38.3 Å². The van der Waals surface area contributed by atoms with E-state index in [1.165, 1.54) is 37.9 Å². The van der Waals surface area contributed by atoms with E-state index in [4.69, 9.17) is 0 Å². The Hall–Kier alpha value is -1.09. The van der Waals surface area contributed by atoms with Gasteiger partial charge in [0.15, 0.2) is 0 Å². The first-order chi connectivity index (χ1) is 8.35. The van der Waals surface area contributed by atoms with Crippen LogP contribution in [0, 0.1) is 5.92 Å². The molecule has 2 aliphatic carbocycles. The second-order valence-corrected chi connectivity index (χ2v) is 5.37. The topological polar surface area (TPSA) is 28.2 Å². The summed E-state index contributed by atoms with van der Waals surface area (Å²) in [7, 11) is 1.93. The van der Waals surface area contributed by atoms with Gasteiger partial charge in [-0.25, -0.2) is 4.98 Å². The minimum Gasteiger partial charge on any atom is -0.373 e. The summed E-state index contributed by atoms with van der Waals surface area (Å²) >= 11 is 0. The number of nitrogens with one attached hydrogen (secondary N) is 1. The molecule has 2 saturated carbocycles. The molecule has 2 fully saturated rings. The maximum atomic E-state index is 4.62. The number of aromatic nitrogens is 1. The zero-order valence-corrected chi connectivity index (χ0v) is 10.5. The lowest BCUT2D eigenvalue weighted by molar-refractivity contribution is 0.241. The van der Waals surface area contributed by atoms with Gasteiger partial charge in [-0.3, -0.25) is 4.90 Å². The van der Waals surface area contributed by atoms with E-state index in [1.807, 2.05) is 13.1 Å². The van der Waals surface area contributed by atoms with Gasteiger partial charge >= 0.3 is 0 Å². The number of pyridine rings is 1. The molecule has 0 radical (unpaired) electrons. The second-order valence-electron chi connectivity index (χ2n) is 5.37. The van der Waals surface area contributed by atoms with E-state index in [0.717, 1.165) is 24.3 Å². The highest BCUT2D eigenvalue weighted by atomic mass is 15.2. The fourth-order valence-corrected chi connectivity index (χ4v) is 2.33. The molecule has 92 valence electrons. The Labute approximate surface area is 103 Å². The molecule has 1 aromatic heterocycles. The lowest BCUT2D eigenvalue weighted by Gasteiger charge is -2.21. The van der Waals surface area contributed by atoms with E-state index in [9.17, 15) is 0 Å². The van der Waals surface area contributed by atoms with Gasteiger partial charge in [0.2, 0.25) is 0 Å². The minimum absolute atomic E-state index is 0.843. The second kappa shape index (κ2) is 4.65. The van der Waals surface area contributed by atoms with Gasteiger partial charge in [-0.2, -0.15) is 0 Å². The molecule has 1 aromatic rings. The highest BCUT2D eigenvalue weighted by Crippen LogP contribution is 2.35. The fourth-order valence-electron chi connectivity index (χ4n) is 2.33. The maximum Gasteiger partial charge on any atom is 0.126 e. The molecule has 0 aliphatic heterocycles. The van der Waals surface area contributed by atoms with E-state index < -0.39 is 0 Å². The molecule has 17 heavy (non-hydrogen) atoms. The average molecular weight is 231 g/mol. The molecule has 3 nitrogen and oxygen atoms in total. The highest BCUT2D eigenvalue weighted by molar-refractivity contribution is 5.34. The van der Waals surface area contributed by atoms with Gasteiger partial charge in [0.05, 0.1) is 5.69 Å². The lowest BCUT2D eigenvalue weighted by Crippen LogP contribution is -2.28. The summed E-state index contributed by atoms with van der Waals surface area (Å²) in [4.78, 5) is 7.25. The third kappa shape index (κ3) is 2.97. The number of anilines is 1. The molecule has 0 bridgehead atoms. The molecule has 0 spiro atoms. The molecule has 0 saturated heterocycles. The summed E-state index contributed by atoms with van der Waals surface area (Å²) in [5, 5.41) is 3.11. The van der Waals surface area contributed by atoms with E-state index in [1.54, 1.807) is 0 Å². The Morgan fingerprint density at radius 1 is 1.29 bits per heavy atom. The standard InChI is InChI=1S/C14H21N3/c1-15-14-4-2-3-12(16-14)10-17(13-7-8-13)9-11-5-6-11/h2-4,11,13H,5-10H2,1H3,(H,15,16). The Morgan fingerprint density at radius 2 is 2.12 bits per heavy atom. The molecule has 0 aromatic carbocycles. The van der Waals surface area contributed by atoms with Gasteiger partial charge < -0.3 is 5.32 Å². The van der Waals surface area contributed by atoms with Crippen molar-refractivity contribution in [2.24, 2.45) is 5.92 Å². The quantitative estimate of drug-likeness (QED) is 0.815. The normalized spacial score (nSPS) is 19.6. The highest BCUT2D eigenvalue weighted by Gasteiger charge is 2.33. The van der Waals surface area contributed by atoms with Gasteiger partial charge in [-0.05, 0) is 43.7 Å². The van der Waals surface area contributed by atoms with Crippen molar-refractivity contribution in [3.05, 3.63) is 23.9 Å². The van der Waals surface area contributed by atoms with Crippen LogP contribution in [-0.4, -0.2) is 29.5 Å². The van der Waals surface area contributed by atoms with Crippen molar-refractivity contribution >= 4 is 5.82 Å². The Balaban J connectivity index is 1.65. The molecule has 0 atom stereocenters. The SMILES string of the molecule is CNc1cccc(CN(CC2CC2)C2CC2)n1. The molecule has 3 rings (SSSR count). The lowest BCUT2D eigenvalue weighted by atomic mass is 10.3. The predicted molar refractivity (Wildman–Crippen MR) is 69.9 cm³/mol. The largest absolute Gasteiger partial charge is 0.373 e. The Bertz CT molecular complexity index is 383. The summed E-state index contributed by atoms with van der Waals surface area (Å²) in [6.45, 7) is 2.31. The zero-order chi connectivity index (χ0) is 11.7. The fraction of sp³-hybridized carbons (Fsp3) is 0.643. The van der Waals surface area contributed by atoms with E-state index in [2.05, 4.69) is 27.3 Å². The summed E-state index contributed by atoms with van der Waals surface area (Å²) < 4.78 is 0.